The SMILES string of the molecule is COc1ccc(C)cc1C1CCC(C(=O)O)CC1. The summed E-state index contributed by atoms with van der Waals surface area (Å²) < 4.78 is 5.41. The molecule has 0 spiro atoms. The van der Waals surface area contributed by atoms with E-state index in [1.165, 1.54) is 11.1 Å². The maximum Gasteiger partial charge on any atom is 0.306 e. The predicted molar refractivity (Wildman–Crippen MR) is 70.1 cm³/mol. The summed E-state index contributed by atoms with van der Waals surface area (Å²) in [5, 5.41) is 9.02. The van der Waals surface area contributed by atoms with Crippen LogP contribution in [0.3, 0.4) is 0 Å². The zero-order chi connectivity index (χ0) is 13.1. The third-order valence-corrected chi connectivity index (χ3v) is 3.90. The number of aliphatic carboxylic acids is 1. The Labute approximate surface area is 108 Å². The van der Waals surface area contributed by atoms with Crippen LogP contribution in [0.25, 0.3) is 0 Å². The van der Waals surface area contributed by atoms with Gasteiger partial charge >= 0.3 is 5.97 Å². The summed E-state index contributed by atoms with van der Waals surface area (Å²) >= 11 is 0. The lowest BCUT2D eigenvalue weighted by Gasteiger charge is -2.27. The van der Waals surface area contributed by atoms with Crippen LogP contribution >= 0.6 is 0 Å². The van der Waals surface area contributed by atoms with E-state index in [0.717, 1.165) is 31.4 Å². The first-order valence-electron chi connectivity index (χ1n) is 6.49. The Morgan fingerprint density at radius 3 is 2.50 bits per heavy atom. The quantitative estimate of drug-likeness (QED) is 0.892. The standard InChI is InChI=1S/C15H20O3/c1-10-3-8-14(18-2)13(9-10)11-4-6-12(7-5-11)15(16)17/h3,8-9,11-12H,4-7H2,1-2H3,(H,16,17). The second kappa shape index (κ2) is 5.42. The second-order valence-corrected chi connectivity index (χ2v) is 5.13. The number of ether oxygens (including phenoxy) is 1. The summed E-state index contributed by atoms with van der Waals surface area (Å²) in [6.07, 6.45) is 3.43. The molecule has 0 atom stereocenters. The number of carboxylic acid groups (broad SMARTS) is 1. The highest BCUT2D eigenvalue weighted by Crippen LogP contribution is 2.39. The fourth-order valence-corrected chi connectivity index (χ4v) is 2.82. The van der Waals surface area contributed by atoms with Crippen molar-refractivity contribution < 1.29 is 14.6 Å². The van der Waals surface area contributed by atoms with Crippen LogP contribution in [0.2, 0.25) is 0 Å². The average molecular weight is 248 g/mol. The summed E-state index contributed by atoms with van der Waals surface area (Å²) in [5.74, 6) is 0.566. The fourth-order valence-electron chi connectivity index (χ4n) is 2.82. The second-order valence-electron chi connectivity index (χ2n) is 5.13. The van der Waals surface area contributed by atoms with Crippen molar-refractivity contribution in [1.29, 1.82) is 0 Å². The number of rotatable bonds is 3. The van der Waals surface area contributed by atoms with Crippen molar-refractivity contribution in [1.82, 2.24) is 0 Å². The highest BCUT2D eigenvalue weighted by atomic mass is 16.5. The van der Waals surface area contributed by atoms with Crippen molar-refractivity contribution in [2.24, 2.45) is 5.92 Å². The number of carboxylic acids is 1. The van der Waals surface area contributed by atoms with Gasteiger partial charge in [0, 0.05) is 0 Å². The van der Waals surface area contributed by atoms with Crippen molar-refractivity contribution in [3.63, 3.8) is 0 Å². The molecule has 0 saturated heterocycles. The molecule has 1 aromatic carbocycles. The molecule has 2 rings (SSSR count). The van der Waals surface area contributed by atoms with Gasteiger partial charge in [-0.1, -0.05) is 17.7 Å². The number of aryl methyl sites for hydroxylation is 1. The van der Waals surface area contributed by atoms with Crippen LogP contribution in [0.4, 0.5) is 0 Å². The van der Waals surface area contributed by atoms with Gasteiger partial charge in [0.15, 0.2) is 0 Å². The van der Waals surface area contributed by atoms with Crippen LogP contribution < -0.4 is 4.74 Å². The number of hydrogen-bond donors (Lipinski definition) is 1. The van der Waals surface area contributed by atoms with Crippen molar-refractivity contribution >= 4 is 5.97 Å². The van der Waals surface area contributed by atoms with Crippen LogP contribution in [-0.2, 0) is 4.79 Å². The zero-order valence-electron chi connectivity index (χ0n) is 11.0. The van der Waals surface area contributed by atoms with Gasteiger partial charge in [0.2, 0.25) is 0 Å². The number of hydrogen-bond acceptors (Lipinski definition) is 2. The van der Waals surface area contributed by atoms with Gasteiger partial charge in [0.1, 0.15) is 5.75 Å². The van der Waals surface area contributed by atoms with E-state index in [1.807, 2.05) is 12.1 Å². The molecule has 1 fully saturated rings. The van der Waals surface area contributed by atoms with E-state index in [9.17, 15) is 4.79 Å². The van der Waals surface area contributed by atoms with Gasteiger partial charge < -0.3 is 9.84 Å². The minimum absolute atomic E-state index is 0.156. The van der Waals surface area contributed by atoms with E-state index in [2.05, 4.69) is 13.0 Å². The van der Waals surface area contributed by atoms with Crippen molar-refractivity contribution in [3.8, 4) is 5.75 Å². The molecule has 0 radical (unpaired) electrons. The Bertz CT molecular complexity index is 431. The van der Waals surface area contributed by atoms with Gasteiger partial charge in [0.25, 0.3) is 0 Å². The minimum Gasteiger partial charge on any atom is -0.496 e. The minimum atomic E-state index is -0.648. The van der Waals surface area contributed by atoms with Gasteiger partial charge in [0.05, 0.1) is 13.0 Å². The van der Waals surface area contributed by atoms with E-state index in [0.29, 0.717) is 5.92 Å². The van der Waals surface area contributed by atoms with Crippen molar-refractivity contribution in [2.75, 3.05) is 7.11 Å². The van der Waals surface area contributed by atoms with Crippen molar-refractivity contribution in [2.45, 2.75) is 38.5 Å². The Morgan fingerprint density at radius 1 is 1.28 bits per heavy atom. The molecule has 1 saturated carbocycles. The highest BCUT2D eigenvalue weighted by molar-refractivity contribution is 5.70. The van der Waals surface area contributed by atoms with Crippen LogP contribution in [0.5, 0.6) is 5.75 Å². The first-order valence-corrected chi connectivity index (χ1v) is 6.49. The molecule has 0 aliphatic heterocycles. The number of methoxy groups -OCH3 is 1. The van der Waals surface area contributed by atoms with Gasteiger partial charge in [-0.3, -0.25) is 4.79 Å². The third kappa shape index (κ3) is 2.66. The molecule has 1 aromatic rings. The Kier molecular flexibility index (Phi) is 3.90. The normalized spacial score (nSPS) is 23.7. The van der Waals surface area contributed by atoms with E-state index < -0.39 is 5.97 Å². The molecule has 0 aromatic heterocycles. The molecular formula is C15H20O3. The summed E-state index contributed by atoms with van der Waals surface area (Å²) in [6, 6.07) is 6.23. The monoisotopic (exact) mass is 248 g/mol. The molecular weight excluding hydrogens is 228 g/mol. The molecule has 1 aliphatic carbocycles. The summed E-state index contributed by atoms with van der Waals surface area (Å²) in [4.78, 5) is 11.0. The fraction of sp³-hybridized carbons (Fsp3) is 0.533. The molecule has 0 amide bonds. The summed E-state index contributed by atoms with van der Waals surface area (Å²) in [7, 11) is 1.69. The first kappa shape index (κ1) is 12.9. The Hall–Kier alpha value is -1.51. The topological polar surface area (TPSA) is 46.5 Å². The summed E-state index contributed by atoms with van der Waals surface area (Å²) in [5.41, 5.74) is 2.47. The molecule has 98 valence electrons. The molecule has 1 aliphatic rings. The van der Waals surface area contributed by atoms with E-state index >= 15 is 0 Å². The lowest BCUT2D eigenvalue weighted by atomic mass is 9.78. The van der Waals surface area contributed by atoms with Crippen LogP contribution in [0, 0.1) is 12.8 Å². The molecule has 3 nitrogen and oxygen atoms in total. The molecule has 18 heavy (non-hydrogen) atoms. The van der Waals surface area contributed by atoms with E-state index in [1.54, 1.807) is 7.11 Å². The van der Waals surface area contributed by atoms with E-state index in [-0.39, 0.29) is 5.92 Å². The Morgan fingerprint density at radius 2 is 1.94 bits per heavy atom. The maximum atomic E-state index is 11.0. The number of carbonyl (C=O) groups is 1. The molecule has 0 heterocycles. The smallest absolute Gasteiger partial charge is 0.306 e. The third-order valence-electron chi connectivity index (χ3n) is 3.90. The molecule has 1 N–H and O–H groups in total. The van der Waals surface area contributed by atoms with Crippen LogP contribution in [-0.4, -0.2) is 18.2 Å². The average Bonchev–Trinajstić information content (AvgIpc) is 2.39. The maximum absolute atomic E-state index is 11.0. The lowest BCUT2D eigenvalue weighted by molar-refractivity contribution is -0.142. The van der Waals surface area contributed by atoms with Gasteiger partial charge in [-0.2, -0.15) is 0 Å². The molecule has 3 heteroatoms. The van der Waals surface area contributed by atoms with Gasteiger partial charge in [-0.05, 0) is 50.2 Å². The van der Waals surface area contributed by atoms with Gasteiger partial charge in [-0.15, -0.1) is 0 Å². The molecule has 0 bridgehead atoms. The van der Waals surface area contributed by atoms with Crippen LogP contribution in [0.15, 0.2) is 18.2 Å². The van der Waals surface area contributed by atoms with Crippen LogP contribution in [0.1, 0.15) is 42.7 Å². The van der Waals surface area contributed by atoms with Gasteiger partial charge in [-0.25, -0.2) is 0 Å². The Balaban J connectivity index is 2.14. The number of benzene rings is 1. The molecule has 0 unspecified atom stereocenters. The zero-order valence-corrected chi connectivity index (χ0v) is 11.0. The largest absolute Gasteiger partial charge is 0.496 e. The summed E-state index contributed by atoms with van der Waals surface area (Å²) in [6.45, 7) is 2.08. The predicted octanol–water partition coefficient (Wildman–Crippen LogP) is 3.36. The highest BCUT2D eigenvalue weighted by Gasteiger charge is 2.28. The van der Waals surface area contributed by atoms with Crippen molar-refractivity contribution in [3.05, 3.63) is 29.3 Å². The first-order chi connectivity index (χ1) is 8.61. The van der Waals surface area contributed by atoms with E-state index in [4.69, 9.17) is 9.84 Å². The lowest BCUT2D eigenvalue weighted by Crippen LogP contribution is -2.20.